The van der Waals surface area contributed by atoms with Gasteiger partial charge in [-0.05, 0) is 54.4 Å². The minimum atomic E-state index is -2.07. The van der Waals surface area contributed by atoms with E-state index in [1.165, 1.54) is 0 Å². The van der Waals surface area contributed by atoms with Crippen LogP contribution in [-0.4, -0.2) is 25.9 Å². The second kappa shape index (κ2) is 9.90. The third-order valence-electron chi connectivity index (χ3n) is 5.60. The third-order valence-corrected chi connectivity index (χ3v) is 9.95. The van der Waals surface area contributed by atoms with Crippen LogP contribution in [0.25, 0.3) is 0 Å². The Morgan fingerprint density at radius 3 is 2.57 bits per heavy atom. The molecule has 0 atom stereocenters. The minimum absolute atomic E-state index is 0.0476. The second-order valence-electron chi connectivity index (χ2n) is 8.89. The molecule has 1 aromatic heterocycles. The lowest BCUT2D eigenvalue weighted by atomic mass is 9.99. The van der Waals surface area contributed by atoms with E-state index in [0.717, 1.165) is 22.6 Å². The molecule has 0 bridgehead atoms. The van der Waals surface area contributed by atoms with Gasteiger partial charge in [-0.2, -0.15) is 5.26 Å². The Morgan fingerprint density at radius 2 is 1.93 bits per heavy atom. The maximum atomic E-state index is 11.8. The number of esters is 1. The molecule has 0 unspecified atom stereocenters. The number of aryl methyl sites for hydroxylation is 1. The van der Waals surface area contributed by atoms with Crippen LogP contribution in [-0.2, 0) is 22.4 Å². The quantitative estimate of drug-likeness (QED) is 0.418. The van der Waals surface area contributed by atoms with E-state index in [1.54, 1.807) is 13.1 Å². The van der Waals surface area contributed by atoms with Gasteiger partial charge in [-0.15, -0.1) is 0 Å². The number of ether oxygens (including phenoxy) is 1. The van der Waals surface area contributed by atoms with Crippen molar-refractivity contribution in [2.24, 2.45) is 0 Å². The highest BCUT2D eigenvalue weighted by Gasteiger charge is 2.39. The lowest BCUT2D eigenvalue weighted by Gasteiger charge is -2.37. The van der Waals surface area contributed by atoms with Crippen molar-refractivity contribution < 1.29 is 14.0 Å². The second-order valence-corrected chi connectivity index (χ2v) is 13.6. The Morgan fingerprint density at radius 1 is 1.20 bits per heavy atom. The van der Waals surface area contributed by atoms with Gasteiger partial charge in [0, 0.05) is 24.7 Å². The number of rotatable bonds is 8. The lowest BCUT2D eigenvalue weighted by Crippen LogP contribution is -2.44. The molecule has 0 saturated carbocycles. The molecule has 0 aliphatic heterocycles. The maximum Gasteiger partial charge on any atom is 0.306 e. The van der Waals surface area contributed by atoms with Gasteiger partial charge in [-0.25, -0.2) is 0 Å². The van der Waals surface area contributed by atoms with Gasteiger partial charge in [0.2, 0.25) is 8.32 Å². The van der Waals surface area contributed by atoms with Gasteiger partial charge >= 0.3 is 5.97 Å². The summed E-state index contributed by atoms with van der Waals surface area (Å²) in [6.45, 7) is 13.2. The van der Waals surface area contributed by atoms with Crippen LogP contribution in [0, 0.1) is 11.3 Å². The van der Waals surface area contributed by atoms with Gasteiger partial charge < -0.3 is 9.16 Å². The first-order valence-corrected chi connectivity index (χ1v) is 13.3. The molecule has 5 nitrogen and oxygen atoms in total. The molecule has 0 N–H and O–H groups in total. The van der Waals surface area contributed by atoms with Crippen LogP contribution in [0.5, 0.6) is 5.75 Å². The topological polar surface area (TPSA) is 72.2 Å². The highest BCUT2D eigenvalue weighted by Crippen LogP contribution is 2.38. The fourth-order valence-corrected chi connectivity index (χ4v) is 3.86. The van der Waals surface area contributed by atoms with E-state index in [9.17, 15) is 10.1 Å². The molecule has 6 heteroatoms. The van der Waals surface area contributed by atoms with E-state index in [2.05, 4.69) is 44.9 Å². The molecule has 160 valence electrons. The van der Waals surface area contributed by atoms with Crippen LogP contribution >= 0.6 is 0 Å². The fraction of sp³-hybridized carbons (Fsp3) is 0.458. The highest BCUT2D eigenvalue weighted by atomic mass is 28.4. The molecule has 1 aromatic carbocycles. The van der Waals surface area contributed by atoms with Crippen LogP contribution in [0.3, 0.4) is 0 Å². The summed E-state index contributed by atoms with van der Waals surface area (Å²) in [6.07, 6.45) is 3.21. The summed E-state index contributed by atoms with van der Waals surface area (Å²) < 4.78 is 11.6. The van der Waals surface area contributed by atoms with Gasteiger partial charge in [0.25, 0.3) is 0 Å². The predicted octanol–water partition coefficient (Wildman–Crippen LogP) is 5.42. The number of carbonyl (C=O) groups excluding carboxylic acids is 1. The van der Waals surface area contributed by atoms with E-state index in [4.69, 9.17) is 9.16 Å². The normalized spacial score (nSPS) is 11.6. The fourth-order valence-electron chi connectivity index (χ4n) is 2.81. The lowest BCUT2D eigenvalue weighted by molar-refractivity contribution is -0.143. The van der Waals surface area contributed by atoms with Crippen molar-refractivity contribution in [3.63, 3.8) is 0 Å². The zero-order chi connectivity index (χ0) is 22.4. The first-order valence-electron chi connectivity index (χ1n) is 10.4. The molecular formula is C24H32N2O3Si. The van der Waals surface area contributed by atoms with Crippen molar-refractivity contribution in [1.82, 2.24) is 4.98 Å². The zero-order valence-corrected chi connectivity index (χ0v) is 19.9. The van der Waals surface area contributed by atoms with Crippen molar-refractivity contribution in [2.75, 3.05) is 6.61 Å². The van der Waals surface area contributed by atoms with Crippen LogP contribution in [0.4, 0.5) is 0 Å². The largest absolute Gasteiger partial charge is 0.543 e. The molecular weight excluding hydrogens is 392 g/mol. The van der Waals surface area contributed by atoms with Crippen LogP contribution in [0.15, 0.2) is 36.5 Å². The Hall–Kier alpha value is -2.65. The number of hydrogen-bond acceptors (Lipinski definition) is 5. The van der Waals surface area contributed by atoms with E-state index in [-0.39, 0.29) is 11.0 Å². The average Bonchev–Trinajstić information content (AvgIpc) is 2.67. The SMILES string of the molecule is CCOC(=O)CCc1ncccc1Cc1ccc(C#N)cc1O[Si](C)(C)C(C)(C)C. The van der Waals surface area contributed by atoms with Gasteiger partial charge in [0.05, 0.1) is 24.7 Å². The van der Waals surface area contributed by atoms with Gasteiger partial charge in [0.1, 0.15) is 5.75 Å². The molecule has 1 heterocycles. The number of nitrogens with zero attached hydrogens (tertiary/aromatic N) is 2. The summed E-state index contributed by atoms with van der Waals surface area (Å²) in [5.41, 5.74) is 3.53. The molecule has 0 amide bonds. The number of pyridine rings is 1. The van der Waals surface area contributed by atoms with Crippen molar-refractivity contribution in [3.8, 4) is 11.8 Å². The van der Waals surface area contributed by atoms with E-state index < -0.39 is 8.32 Å². The monoisotopic (exact) mass is 424 g/mol. The molecule has 30 heavy (non-hydrogen) atoms. The predicted molar refractivity (Wildman–Crippen MR) is 121 cm³/mol. The molecule has 0 aliphatic carbocycles. The van der Waals surface area contributed by atoms with Crippen LogP contribution in [0.1, 0.15) is 56.5 Å². The summed E-state index contributed by atoms with van der Waals surface area (Å²) in [5.74, 6) is 0.551. The van der Waals surface area contributed by atoms with E-state index in [0.29, 0.717) is 31.4 Å². The van der Waals surface area contributed by atoms with Crippen LogP contribution in [0.2, 0.25) is 18.1 Å². The van der Waals surface area contributed by atoms with E-state index >= 15 is 0 Å². The number of hydrogen-bond donors (Lipinski definition) is 0. The summed E-state index contributed by atoms with van der Waals surface area (Å²) >= 11 is 0. The van der Waals surface area contributed by atoms with Gasteiger partial charge in [0.15, 0.2) is 0 Å². The average molecular weight is 425 g/mol. The summed E-state index contributed by atoms with van der Waals surface area (Å²) in [4.78, 5) is 16.3. The number of aromatic nitrogens is 1. The number of nitriles is 1. The molecule has 2 rings (SSSR count). The molecule has 2 aromatic rings. The number of benzene rings is 1. The van der Waals surface area contributed by atoms with Crippen molar-refractivity contribution in [1.29, 1.82) is 5.26 Å². The summed E-state index contributed by atoms with van der Waals surface area (Å²) in [6, 6.07) is 11.8. The highest BCUT2D eigenvalue weighted by molar-refractivity contribution is 6.74. The molecule has 0 aliphatic rings. The standard InChI is InChI=1S/C24H32N2O3Si/c1-7-28-23(27)13-12-21-19(9-8-14-26-21)16-20-11-10-18(17-25)15-22(20)29-30(5,6)24(2,3)4/h8-11,14-15H,7,12-13,16H2,1-6H3. The number of carbonyl (C=O) groups is 1. The maximum absolute atomic E-state index is 11.8. The first kappa shape index (κ1) is 23.6. The summed E-state index contributed by atoms with van der Waals surface area (Å²) in [5, 5.41) is 9.41. The molecule has 0 fully saturated rings. The molecule has 0 spiro atoms. The van der Waals surface area contributed by atoms with E-state index in [1.807, 2.05) is 30.3 Å². The zero-order valence-electron chi connectivity index (χ0n) is 18.9. The molecule has 0 radical (unpaired) electrons. The molecule has 0 saturated heterocycles. The Balaban J connectivity index is 2.33. The minimum Gasteiger partial charge on any atom is -0.543 e. The Kier molecular flexibility index (Phi) is 7.80. The van der Waals surface area contributed by atoms with Crippen molar-refractivity contribution in [3.05, 3.63) is 58.9 Å². The summed E-state index contributed by atoms with van der Waals surface area (Å²) in [7, 11) is -2.07. The van der Waals surface area contributed by atoms with Gasteiger partial charge in [-0.3, -0.25) is 9.78 Å². The van der Waals surface area contributed by atoms with Crippen LogP contribution < -0.4 is 4.43 Å². The smallest absolute Gasteiger partial charge is 0.306 e. The van der Waals surface area contributed by atoms with Crippen molar-refractivity contribution in [2.45, 2.75) is 65.1 Å². The Labute approximate surface area is 181 Å². The Bertz CT molecular complexity index is 927. The van der Waals surface area contributed by atoms with Gasteiger partial charge in [-0.1, -0.05) is 32.9 Å². The first-order chi connectivity index (χ1) is 14.1. The third kappa shape index (κ3) is 6.17. The van der Waals surface area contributed by atoms with Crippen molar-refractivity contribution >= 4 is 14.3 Å².